The maximum absolute atomic E-state index is 13.5. The Bertz CT molecular complexity index is 771. The Morgan fingerprint density at radius 2 is 1.80 bits per heavy atom. The Morgan fingerprint density at radius 1 is 1.12 bits per heavy atom. The molecule has 9 heteroatoms. The van der Waals surface area contributed by atoms with Crippen LogP contribution in [0.15, 0.2) is 41.0 Å². The van der Waals surface area contributed by atoms with Gasteiger partial charge in [0.05, 0.1) is 18.8 Å². The molecule has 132 valence electrons. The van der Waals surface area contributed by atoms with Gasteiger partial charge in [0.1, 0.15) is 17.5 Å². The minimum Gasteiger partial charge on any atom is -0.322 e. The highest BCUT2D eigenvalue weighted by Gasteiger charge is 2.13. The van der Waals surface area contributed by atoms with Gasteiger partial charge in [0.15, 0.2) is 0 Å². The molecule has 0 radical (unpaired) electrons. The van der Waals surface area contributed by atoms with Crippen LogP contribution in [-0.4, -0.2) is 41.8 Å². The number of rotatable bonds is 6. The molecular formula is C16H15BrF2N4O2. The molecule has 2 rings (SSSR count). The quantitative estimate of drug-likeness (QED) is 0.764. The first-order valence-electron chi connectivity index (χ1n) is 7.18. The summed E-state index contributed by atoms with van der Waals surface area (Å²) in [7, 11) is 1.55. The molecule has 0 bridgehead atoms. The Morgan fingerprint density at radius 3 is 2.44 bits per heavy atom. The molecular weight excluding hydrogens is 398 g/mol. The summed E-state index contributed by atoms with van der Waals surface area (Å²) in [5.41, 5.74) is -0.248. The second kappa shape index (κ2) is 8.63. The van der Waals surface area contributed by atoms with E-state index in [2.05, 4.69) is 31.5 Å². The van der Waals surface area contributed by atoms with Crippen molar-refractivity contribution in [1.82, 2.24) is 9.88 Å². The summed E-state index contributed by atoms with van der Waals surface area (Å²) in [4.78, 5) is 29.2. The highest BCUT2D eigenvalue weighted by Crippen LogP contribution is 2.15. The summed E-state index contributed by atoms with van der Waals surface area (Å²) < 4.78 is 27.3. The van der Waals surface area contributed by atoms with Crippen molar-refractivity contribution in [2.75, 3.05) is 30.8 Å². The fraction of sp³-hybridized carbons (Fsp3) is 0.188. The zero-order valence-corrected chi connectivity index (χ0v) is 14.8. The summed E-state index contributed by atoms with van der Waals surface area (Å²) in [5, 5.41) is 4.85. The first kappa shape index (κ1) is 18.9. The number of carbonyl (C=O) groups excluding carboxylic acids is 2. The number of likely N-dealkylation sites (N-methyl/N-ethyl adjacent to an activating group) is 1. The average molecular weight is 413 g/mol. The normalized spacial score (nSPS) is 10.6. The largest absolute Gasteiger partial charge is 0.322 e. The lowest BCUT2D eigenvalue weighted by Gasteiger charge is -2.16. The van der Waals surface area contributed by atoms with E-state index in [1.54, 1.807) is 25.4 Å². The average Bonchev–Trinajstić information content (AvgIpc) is 2.52. The minimum absolute atomic E-state index is 0.0726. The fourth-order valence-electron chi connectivity index (χ4n) is 1.96. The number of halogens is 3. The Kier molecular flexibility index (Phi) is 6.54. The highest BCUT2D eigenvalue weighted by atomic mass is 79.9. The minimum atomic E-state index is -0.739. The van der Waals surface area contributed by atoms with E-state index in [4.69, 9.17) is 0 Å². The number of amides is 2. The standard InChI is InChI=1S/C16H15BrF2N4O2/c1-23(9-16(25)22-14-5-2-10(17)7-20-14)8-15(24)21-13-6-11(18)3-4-12(13)19/h2-7H,8-9H2,1H3,(H,21,24)(H,20,22,25). The zero-order valence-electron chi connectivity index (χ0n) is 13.2. The molecule has 0 saturated carbocycles. The lowest BCUT2D eigenvalue weighted by molar-refractivity contribution is -0.119. The Hall–Kier alpha value is -2.39. The number of pyridine rings is 1. The third-order valence-electron chi connectivity index (χ3n) is 3.02. The number of nitrogens with one attached hydrogen (secondary N) is 2. The molecule has 0 aliphatic carbocycles. The van der Waals surface area contributed by atoms with Crippen LogP contribution in [0.3, 0.4) is 0 Å². The lowest BCUT2D eigenvalue weighted by Crippen LogP contribution is -2.36. The van der Waals surface area contributed by atoms with Crippen LogP contribution >= 0.6 is 15.9 Å². The second-order valence-corrected chi connectivity index (χ2v) is 6.17. The highest BCUT2D eigenvalue weighted by molar-refractivity contribution is 9.10. The van der Waals surface area contributed by atoms with Crippen LogP contribution < -0.4 is 10.6 Å². The molecule has 0 saturated heterocycles. The molecule has 1 aromatic carbocycles. The SMILES string of the molecule is CN(CC(=O)Nc1ccc(Br)cn1)CC(=O)Nc1cc(F)ccc1F. The molecule has 2 aromatic rings. The van der Waals surface area contributed by atoms with Crippen LogP contribution in [0.25, 0.3) is 0 Å². The van der Waals surface area contributed by atoms with E-state index in [1.807, 2.05) is 0 Å². The van der Waals surface area contributed by atoms with Gasteiger partial charge in [-0.05, 0) is 47.2 Å². The van der Waals surface area contributed by atoms with Gasteiger partial charge < -0.3 is 10.6 Å². The monoisotopic (exact) mass is 412 g/mol. The molecule has 2 N–H and O–H groups in total. The third kappa shape index (κ3) is 6.20. The van der Waals surface area contributed by atoms with E-state index < -0.39 is 17.5 Å². The van der Waals surface area contributed by atoms with E-state index in [-0.39, 0.29) is 24.7 Å². The third-order valence-corrected chi connectivity index (χ3v) is 3.49. The molecule has 25 heavy (non-hydrogen) atoms. The van der Waals surface area contributed by atoms with Crippen LogP contribution in [0.4, 0.5) is 20.3 Å². The molecule has 0 spiro atoms. The predicted molar refractivity (Wildman–Crippen MR) is 93.1 cm³/mol. The number of benzene rings is 1. The number of anilines is 2. The number of nitrogens with zero attached hydrogens (tertiary/aromatic N) is 2. The summed E-state index contributed by atoms with van der Waals surface area (Å²) in [5.74, 6) is -1.95. The van der Waals surface area contributed by atoms with Gasteiger partial charge in [0, 0.05) is 16.7 Å². The van der Waals surface area contributed by atoms with Crippen molar-refractivity contribution in [2.24, 2.45) is 0 Å². The van der Waals surface area contributed by atoms with Crippen LogP contribution in [-0.2, 0) is 9.59 Å². The molecule has 6 nitrogen and oxygen atoms in total. The first-order valence-corrected chi connectivity index (χ1v) is 7.97. The van der Waals surface area contributed by atoms with Crippen molar-refractivity contribution in [3.05, 3.63) is 52.6 Å². The van der Waals surface area contributed by atoms with Crippen LogP contribution in [0.5, 0.6) is 0 Å². The van der Waals surface area contributed by atoms with Gasteiger partial charge in [-0.1, -0.05) is 0 Å². The van der Waals surface area contributed by atoms with Crippen molar-refractivity contribution in [3.8, 4) is 0 Å². The van der Waals surface area contributed by atoms with E-state index in [1.165, 1.54) is 4.90 Å². The summed E-state index contributed by atoms with van der Waals surface area (Å²) >= 11 is 3.24. The van der Waals surface area contributed by atoms with E-state index in [0.717, 1.165) is 22.7 Å². The molecule has 2 amide bonds. The molecule has 0 fully saturated rings. The number of hydrogen-bond donors (Lipinski definition) is 2. The Labute approximate surface area is 151 Å². The van der Waals surface area contributed by atoms with E-state index >= 15 is 0 Å². The number of hydrogen-bond acceptors (Lipinski definition) is 4. The topological polar surface area (TPSA) is 74.3 Å². The van der Waals surface area contributed by atoms with Crippen LogP contribution in [0, 0.1) is 11.6 Å². The van der Waals surface area contributed by atoms with Crippen molar-refractivity contribution in [1.29, 1.82) is 0 Å². The summed E-state index contributed by atoms with van der Waals surface area (Å²) in [6.07, 6.45) is 1.54. The maximum Gasteiger partial charge on any atom is 0.239 e. The molecule has 0 atom stereocenters. The predicted octanol–water partition coefficient (Wildman–Crippen LogP) is 2.63. The fourth-order valence-corrected chi connectivity index (χ4v) is 2.20. The molecule has 1 heterocycles. The van der Waals surface area contributed by atoms with Crippen LogP contribution in [0.1, 0.15) is 0 Å². The van der Waals surface area contributed by atoms with E-state index in [9.17, 15) is 18.4 Å². The van der Waals surface area contributed by atoms with Crippen molar-refractivity contribution in [3.63, 3.8) is 0 Å². The smallest absolute Gasteiger partial charge is 0.239 e. The first-order chi connectivity index (χ1) is 11.8. The van der Waals surface area contributed by atoms with Gasteiger partial charge in [-0.25, -0.2) is 13.8 Å². The number of carbonyl (C=O) groups is 2. The van der Waals surface area contributed by atoms with Gasteiger partial charge in [0.2, 0.25) is 11.8 Å². The van der Waals surface area contributed by atoms with Crippen LogP contribution in [0.2, 0.25) is 0 Å². The summed E-state index contributed by atoms with van der Waals surface area (Å²) in [6, 6.07) is 6.12. The van der Waals surface area contributed by atoms with Crippen molar-refractivity contribution in [2.45, 2.75) is 0 Å². The molecule has 0 aliphatic rings. The summed E-state index contributed by atoms with van der Waals surface area (Å²) in [6.45, 7) is -0.242. The molecule has 0 unspecified atom stereocenters. The number of aromatic nitrogens is 1. The molecule has 1 aromatic heterocycles. The van der Waals surface area contributed by atoms with Crippen molar-refractivity contribution < 1.29 is 18.4 Å². The lowest BCUT2D eigenvalue weighted by atomic mass is 10.3. The second-order valence-electron chi connectivity index (χ2n) is 5.25. The van der Waals surface area contributed by atoms with Gasteiger partial charge in [-0.2, -0.15) is 0 Å². The maximum atomic E-state index is 13.5. The zero-order chi connectivity index (χ0) is 18.4. The van der Waals surface area contributed by atoms with Gasteiger partial charge in [0.25, 0.3) is 0 Å². The Balaban J connectivity index is 1.83. The van der Waals surface area contributed by atoms with E-state index in [0.29, 0.717) is 5.82 Å². The van der Waals surface area contributed by atoms with Gasteiger partial charge in [-0.15, -0.1) is 0 Å². The molecule has 0 aliphatic heterocycles. The van der Waals surface area contributed by atoms with Gasteiger partial charge in [-0.3, -0.25) is 14.5 Å². The van der Waals surface area contributed by atoms with Gasteiger partial charge >= 0.3 is 0 Å². The van der Waals surface area contributed by atoms with Crippen molar-refractivity contribution >= 4 is 39.2 Å².